The molecule has 10 nitrogen and oxygen atoms in total. The summed E-state index contributed by atoms with van der Waals surface area (Å²) in [4.78, 5) is 26.7. The molecule has 0 aliphatic carbocycles. The van der Waals surface area contributed by atoms with Crippen molar-refractivity contribution in [3.63, 3.8) is 0 Å². The van der Waals surface area contributed by atoms with Gasteiger partial charge < -0.3 is 19.6 Å². The van der Waals surface area contributed by atoms with Gasteiger partial charge in [0.25, 0.3) is 0 Å². The van der Waals surface area contributed by atoms with E-state index in [-0.39, 0.29) is 12.2 Å². The highest BCUT2D eigenvalue weighted by atomic mass is 16.5. The standard InChI is InChI=1S/C23H29N7O3/c1-27(2)10-11-30-22-19(12-24-30)21(29-13-17-8-9-18(14-29)33-17)25-20(26-22)15-4-6-16(7-5-15)28(3)23(31)32/h4-7,12,17-18H,8-11,13-14H2,1-3H3,(H,31,32). The molecule has 2 fully saturated rings. The van der Waals surface area contributed by atoms with Crippen LogP contribution in [0, 0.1) is 0 Å². The lowest BCUT2D eigenvalue weighted by molar-refractivity contribution is 0.0303. The fourth-order valence-corrected chi connectivity index (χ4v) is 4.50. The molecule has 2 aliphatic heterocycles. The summed E-state index contributed by atoms with van der Waals surface area (Å²) in [6, 6.07) is 7.27. The summed E-state index contributed by atoms with van der Waals surface area (Å²) in [5.74, 6) is 1.49. The molecule has 2 aromatic heterocycles. The highest BCUT2D eigenvalue weighted by molar-refractivity contribution is 5.89. The molecular weight excluding hydrogens is 422 g/mol. The summed E-state index contributed by atoms with van der Waals surface area (Å²) in [6.45, 7) is 3.20. The lowest BCUT2D eigenvalue weighted by Crippen LogP contribution is -2.43. The van der Waals surface area contributed by atoms with Gasteiger partial charge in [-0.15, -0.1) is 0 Å². The van der Waals surface area contributed by atoms with E-state index in [1.807, 2.05) is 37.1 Å². The number of hydrogen-bond acceptors (Lipinski definition) is 7. The molecule has 2 atom stereocenters. The molecular formula is C23H29N7O3. The van der Waals surface area contributed by atoms with Crippen molar-refractivity contribution in [1.29, 1.82) is 0 Å². The molecule has 5 rings (SSSR count). The number of amides is 1. The van der Waals surface area contributed by atoms with Crippen molar-refractivity contribution in [3.05, 3.63) is 30.5 Å². The van der Waals surface area contributed by atoms with Crippen LogP contribution in [-0.4, -0.2) is 88.8 Å². The van der Waals surface area contributed by atoms with Gasteiger partial charge in [0.2, 0.25) is 0 Å². The molecule has 1 aromatic carbocycles. The predicted octanol–water partition coefficient (Wildman–Crippen LogP) is 2.54. The third kappa shape index (κ3) is 4.23. The largest absolute Gasteiger partial charge is 0.465 e. The van der Waals surface area contributed by atoms with E-state index < -0.39 is 6.09 Å². The lowest BCUT2D eigenvalue weighted by Gasteiger charge is -2.33. The Labute approximate surface area is 192 Å². The summed E-state index contributed by atoms with van der Waals surface area (Å²) < 4.78 is 7.97. The molecule has 33 heavy (non-hydrogen) atoms. The van der Waals surface area contributed by atoms with Gasteiger partial charge in [0, 0.05) is 37.9 Å². The third-order valence-electron chi connectivity index (χ3n) is 6.38. The summed E-state index contributed by atoms with van der Waals surface area (Å²) in [6.07, 6.45) is 3.52. The highest BCUT2D eigenvalue weighted by Gasteiger charge is 2.35. The first-order valence-corrected chi connectivity index (χ1v) is 11.2. The fourth-order valence-electron chi connectivity index (χ4n) is 4.50. The Morgan fingerprint density at radius 2 is 1.82 bits per heavy atom. The zero-order chi connectivity index (χ0) is 23.1. The molecule has 0 spiro atoms. The van der Waals surface area contributed by atoms with Crippen molar-refractivity contribution >= 4 is 28.6 Å². The van der Waals surface area contributed by atoms with Crippen molar-refractivity contribution in [2.75, 3.05) is 50.6 Å². The third-order valence-corrected chi connectivity index (χ3v) is 6.38. The Bertz CT molecular complexity index is 1150. The van der Waals surface area contributed by atoms with Crippen LogP contribution in [0.5, 0.6) is 0 Å². The average molecular weight is 452 g/mol. The number of hydrogen-bond donors (Lipinski definition) is 1. The van der Waals surface area contributed by atoms with Gasteiger partial charge in [-0.3, -0.25) is 4.90 Å². The highest BCUT2D eigenvalue weighted by Crippen LogP contribution is 2.33. The minimum atomic E-state index is -1.01. The number of rotatable bonds is 6. The molecule has 1 N–H and O–H groups in total. The van der Waals surface area contributed by atoms with Gasteiger partial charge in [0.15, 0.2) is 11.5 Å². The molecule has 2 aliphatic rings. The van der Waals surface area contributed by atoms with E-state index in [1.165, 1.54) is 11.9 Å². The number of nitrogens with zero attached hydrogens (tertiary/aromatic N) is 7. The van der Waals surface area contributed by atoms with Crippen LogP contribution in [0.1, 0.15) is 12.8 Å². The van der Waals surface area contributed by atoms with E-state index in [1.54, 1.807) is 12.1 Å². The summed E-state index contributed by atoms with van der Waals surface area (Å²) in [7, 11) is 5.60. The first-order valence-electron chi connectivity index (χ1n) is 11.2. The van der Waals surface area contributed by atoms with Crippen molar-refractivity contribution in [2.24, 2.45) is 0 Å². The Balaban J connectivity index is 1.56. The van der Waals surface area contributed by atoms with Gasteiger partial charge in [-0.05, 0) is 51.2 Å². The van der Waals surface area contributed by atoms with Gasteiger partial charge in [0.05, 0.1) is 30.3 Å². The number of likely N-dealkylation sites (N-methyl/N-ethyl adjacent to an activating group) is 1. The first kappa shape index (κ1) is 21.6. The number of aromatic nitrogens is 4. The van der Waals surface area contributed by atoms with Crippen LogP contribution in [0.15, 0.2) is 30.5 Å². The maximum atomic E-state index is 11.3. The van der Waals surface area contributed by atoms with Crippen molar-refractivity contribution < 1.29 is 14.6 Å². The summed E-state index contributed by atoms with van der Waals surface area (Å²) >= 11 is 0. The van der Waals surface area contributed by atoms with Crippen LogP contribution >= 0.6 is 0 Å². The van der Waals surface area contributed by atoms with Crippen molar-refractivity contribution in [2.45, 2.75) is 31.6 Å². The minimum absolute atomic E-state index is 0.242. The number of ether oxygens (including phenoxy) is 1. The molecule has 3 aromatic rings. The molecule has 2 bridgehead atoms. The van der Waals surface area contributed by atoms with Crippen LogP contribution in [0.25, 0.3) is 22.4 Å². The second-order valence-corrected chi connectivity index (χ2v) is 9.03. The van der Waals surface area contributed by atoms with Gasteiger partial charge >= 0.3 is 6.09 Å². The summed E-state index contributed by atoms with van der Waals surface area (Å²) in [5, 5.41) is 14.8. The molecule has 2 saturated heterocycles. The quantitative estimate of drug-likeness (QED) is 0.610. The number of fused-ring (bicyclic) bond motifs is 3. The number of carboxylic acid groups (broad SMARTS) is 1. The average Bonchev–Trinajstić information content (AvgIpc) is 3.38. The molecule has 174 valence electrons. The van der Waals surface area contributed by atoms with Crippen LogP contribution in [0.4, 0.5) is 16.3 Å². The SMILES string of the molecule is CN(C)CCn1ncc2c(N3CC4CCC(C3)O4)nc(-c3ccc(N(C)C(=O)O)cc3)nc21. The van der Waals surface area contributed by atoms with Gasteiger partial charge in [-0.25, -0.2) is 19.4 Å². The zero-order valence-electron chi connectivity index (χ0n) is 19.2. The maximum absolute atomic E-state index is 11.3. The number of morpholine rings is 1. The Hall–Kier alpha value is -3.24. The molecule has 10 heteroatoms. The Morgan fingerprint density at radius 3 is 2.45 bits per heavy atom. The maximum Gasteiger partial charge on any atom is 0.411 e. The van der Waals surface area contributed by atoms with E-state index in [0.717, 1.165) is 61.4 Å². The van der Waals surface area contributed by atoms with Crippen LogP contribution < -0.4 is 9.80 Å². The second kappa shape index (κ2) is 8.60. The number of carbonyl (C=O) groups is 1. The molecule has 4 heterocycles. The van der Waals surface area contributed by atoms with Crippen LogP contribution in [0.3, 0.4) is 0 Å². The monoisotopic (exact) mass is 451 g/mol. The van der Waals surface area contributed by atoms with Crippen LogP contribution in [0.2, 0.25) is 0 Å². The topological polar surface area (TPSA) is 99.9 Å². The molecule has 1 amide bonds. The van der Waals surface area contributed by atoms with Gasteiger partial charge in [-0.2, -0.15) is 5.10 Å². The first-order chi connectivity index (χ1) is 15.9. The van der Waals surface area contributed by atoms with Gasteiger partial charge in [0.1, 0.15) is 5.82 Å². The van der Waals surface area contributed by atoms with Gasteiger partial charge in [-0.1, -0.05) is 0 Å². The number of benzene rings is 1. The van der Waals surface area contributed by atoms with E-state index >= 15 is 0 Å². The van der Waals surface area contributed by atoms with Crippen molar-refractivity contribution in [3.8, 4) is 11.4 Å². The number of anilines is 2. The molecule has 0 saturated carbocycles. The summed E-state index contributed by atoms with van der Waals surface area (Å²) in [5.41, 5.74) is 2.23. The molecule has 2 unspecified atom stereocenters. The van der Waals surface area contributed by atoms with E-state index in [4.69, 9.17) is 14.7 Å². The second-order valence-electron chi connectivity index (χ2n) is 9.03. The van der Waals surface area contributed by atoms with E-state index in [2.05, 4.69) is 14.9 Å². The van der Waals surface area contributed by atoms with Crippen LogP contribution in [-0.2, 0) is 11.3 Å². The molecule has 0 radical (unpaired) electrons. The zero-order valence-corrected chi connectivity index (χ0v) is 19.2. The normalized spacial score (nSPS) is 20.1. The Morgan fingerprint density at radius 1 is 1.12 bits per heavy atom. The Kier molecular flexibility index (Phi) is 5.63. The fraction of sp³-hybridized carbons (Fsp3) is 0.478. The lowest BCUT2D eigenvalue weighted by atomic mass is 10.1. The smallest absolute Gasteiger partial charge is 0.411 e. The van der Waals surface area contributed by atoms with Crippen molar-refractivity contribution in [1.82, 2.24) is 24.6 Å². The van der Waals surface area contributed by atoms with E-state index in [9.17, 15) is 9.90 Å². The van der Waals surface area contributed by atoms with E-state index in [0.29, 0.717) is 11.5 Å². The predicted molar refractivity (Wildman–Crippen MR) is 126 cm³/mol. The minimum Gasteiger partial charge on any atom is -0.465 e.